The van der Waals surface area contributed by atoms with Crippen LogP contribution in [0.5, 0.6) is 0 Å². The van der Waals surface area contributed by atoms with Gasteiger partial charge in [0.15, 0.2) is 5.82 Å². The molecule has 1 atom stereocenters. The molecule has 0 aliphatic rings. The number of aromatic nitrogens is 4. The maximum atomic E-state index is 12.9. The molecule has 0 bridgehead atoms. The summed E-state index contributed by atoms with van der Waals surface area (Å²) >= 11 is 0. The van der Waals surface area contributed by atoms with Crippen LogP contribution in [0.3, 0.4) is 0 Å². The van der Waals surface area contributed by atoms with E-state index in [4.69, 9.17) is 5.11 Å². The average molecular weight is 292 g/mol. The molecule has 2 rings (SSSR count). The number of hydrogen-bond donors (Lipinski definition) is 1. The fraction of sp³-hybridized carbons (Fsp3) is 0.429. The summed E-state index contributed by atoms with van der Waals surface area (Å²) in [6.45, 7) is 1.98. The molecular formula is C14H17FN4O2. The van der Waals surface area contributed by atoms with Crippen molar-refractivity contribution in [3.63, 3.8) is 0 Å². The molecular weight excluding hydrogens is 275 g/mol. The molecule has 2 aromatic rings. The SMILES string of the molecule is CCCC(CC(=O)O)n1nnnc1Cc1ccc(F)cc1. The van der Waals surface area contributed by atoms with E-state index in [1.54, 1.807) is 16.8 Å². The molecule has 0 aliphatic carbocycles. The Morgan fingerprint density at radius 3 is 2.71 bits per heavy atom. The molecule has 0 saturated carbocycles. The summed E-state index contributed by atoms with van der Waals surface area (Å²) in [5.74, 6) is -0.592. The lowest BCUT2D eigenvalue weighted by atomic mass is 10.1. The Morgan fingerprint density at radius 2 is 2.10 bits per heavy atom. The van der Waals surface area contributed by atoms with Gasteiger partial charge in [-0.1, -0.05) is 25.5 Å². The maximum absolute atomic E-state index is 12.9. The van der Waals surface area contributed by atoms with Gasteiger partial charge in [-0.05, 0) is 34.5 Å². The maximum Gasteiger partial charge on any atom is 0.305 e. The Balaban J connectivity index is 2.19. The molecule has 112 valence electrons. The van der Waals surface area contributed by atoms with Crippen molar-refractivity contribution in [2.45, 2.75) is 38.6 Å². The number of rotatable bonds is 7. The minimum Gasteiger partial charge on any atom is -0.481 e. The molecule has 0 amide bonds. The lowest BCUT2D eigenvalue weighted by Crippen LogP contribution is -2.18. The highest BCUT2D eigenvalue weighted by Crippen LogP contribution is 2.19. The predicted octanol–water partition coefficient (Wildman–Crippen LogP) is 2.22. The Morgan fingerprint density at radius 1 is 1.38 bits per heavy atom. The molecule has 1 unspecified atom stereocenters. The fourth-order valence-corrected chi connectivity index (χ4v) is 2.24. The lowest BCUT2D eigenvalue weighted by molar-refractivity contribution is -0.138. The summed E-state index contributed by atoms with van der Waals surface area (Å²) in [6.07, 6.45) is 1.95. The van der Waals surface area contributed by atoms with E-state index in [9.17, 15) is 9.18 Å². The molecule has 0 saturated heterocycles. The molecule has 21 heavy (non-hydrogen) atoms. The number of halogens is 1. The largest absolute Gasteiger partial charge is 0.481 e. The van der Waals surface area contributed by atoms with E-state index in [1.807, 2.05) is 6.92 Å². The van der Waals surface area contributed by atoms with Crippen LogP contribution in [0.15, 0.2) is 24.3 Å². The Bertz CT molecular complexity index is 597. The highest BCUT2D eigenvalue weighted by atomic mass is 19.1. The second-order valence-electron chi connectivity index (χ2n) is 4.88. The van der Waals surface area contributed by atoms with Gasteiger partial charge < -0.3 is 5.11 Å². The van der Waals surface area contributed by atoms with Gasteiger partial charge in [0.05, 0.1) is 12.5 Å². The third-order valence-corrected chi connectivity index (χ3v) is 3.21. The number of carboxylic acids is 1. The van der Waals surface area contributed by atoms with Gasteiger partial charge in [-0.2, -0.15) is 0 Å². The van der Waals surface area contributed by atoms with Crippen LogP contribution in [0.25, 0.3) is 0 Å². The summed E-state index contributed by atoms with van der Waals surface area (Å²) in [4.78, 5) is 11.0. The highest BCUT2D eigenvalue weighted by Gasteiger charge is 2.19. The molecule has 1 N–H and O–H groups in total. The van der Waals surface area contributed by atoms with Gasteiger partial charge in [0, 0.05) is 6.42 Å². The standard InChI is InChI=1S/C14H17FN4O2/c1-2-3-12(9-14(20)21)19-13(16-17-18-19)8-10-4-6-11(15)7-5-10/h4-7,12H,2-3,8-9H2,1H3,(H,20,21). The van der Waals surface area contributed by atoms with Crippen molar-refractivity contribution in [2.75, 3.05) is 0 Å². The van der Waals surface area contributed by atoms with Gasteiger partial charge in [-0.3, -0.25) is 4.79 Å². The van der Waals surface area contributed by atoms with Crippen LogP contribution in [0, 0.1) is 5.82 Å². The van der Waals surface area contributed by atoms with E-state index in [-0.39, 0.29) is 18.3 Å². The van der Waals surface area contributed by atoms with Crippen molar-refractivity contribution in [1.29, 1.82) is 0 Å². The zero-order valence-electron chi connectivity index (χ0n) is 11.7. The van der Waals surface area contributed by atoms with Crippen LogP contribution < -0.4 is 0 Å². The van der Waals surface area contributed by atoms with Crippen molar-refractivity contribution in [3.05, 3.63) is 41.5 Å². The van der Waals surface area contributed by atoms with Gasteiger partial charge in [0.1, 0.15) is 5.82 Å². The number of benzene rings is 1. The number of tetrazole rings is 1. The third kappa shape index (κ3) is 4.08. The Kier molecular flexibility index (Phi) is 4.97. The van der Waals surface area contributed by atoms with Crippen molar-refractivity contribution in [1.82, 2.24) is 20.2 Å². The van der Waals surface area contributed by atoms with Crippen LogP contribution in [0.1, 0.15) is 43.6 Å². The second-order valence-corrected chi connectivity index (χ2v) is 4.88. The third-order valence-electron chi connectivity index (χ3n) is 3.21. The summed E-state index contributed by atoms with van der Waals surface area (Å²) in [5.41, 5.74) is 0.873. The van der Waals surface area contributed by atoms with E-state index in [2.05, 4.69) is 15.5 Å². The Hall–Kier alpha value is -2.31. The number of carbonyl (C=O) groups is 1. The summed E-state index contributed by atoms with van der Waals surface area (Å²) in [6, 6.07) is 5.83. The second kappa shape index (κ2) is 6.92. The average Bonchev–Trinajstić information content (AvgIpc) is 2.88. The van der Waals surface area contributed by atoms with Crippen LogP contribution in [-0.2, 0) is 11.2 Å². The zero-order valence-corrected chi connectivity index (χ0v) is 11.7. The summed E-state index contributed by atoms with van der Waals surface area (Å²) in [7, 11) is 0. The normalized spacial score (nSPS) is 12.3. The summed E-state index contributed by atoms with van der Waals surface area (Å²) < 4.78 is 14.5. The van der Waals surface area contributed by atoms with Crippen molar-refractivity contribution in [2.24, 2.45) is 0 Å². The number of hydrogen-bond acceptors (Lipinski definition) is 4. The predicted molar refractivity (Wildman–Crippen MR) is 73.2 cm³/mol. The van der Waals surface area contributed by atoms with Gasteiger partial charge in [0.25, 0.3) is 0 Å². The first-order valence-electron chi connectivity index (χ1n) is 6.83. The van der Waals surface area contributed by atoms with E-state index in [1.165, 1.54) is 12.1 Å². The number of nitrogens with zero attached hydrogens (tertiary/aromatic N) is 4. The first-order chi connectivity index (χ1) is 10.1. The van der Waals surface area contributed by atoms with Gasteiger partial charge in [0.2, 0.25) is 0 Å². The molecule has 0 aliphatic heterocycles. The van der Waals surface area contributed by atoms with Crippen molar-refractivity contribution in [3.8, 4) is 0 Å². The molecule has 0 radical (unpaired) electrons. The van der Waals surface area contributed by atoms with Gasteiger partial charge in [-0.25, -0.2) is 9.07 Å². The molecule has 0 spiro atoms. The fourth-order valence-electron chi connectivity index (χ4n) is 2.24. The van der Waals surface area contributed by atoms with E-state index >= 15 is 0 Å². The summed E-state index contributed by atoms with van der Waals surface area (Å²) in [5, 5.41) is 20.5. The zero-order chi connectivity index (χ0) is 15.2. The van der Waals surface area contributed by atoms with E-state index < -0.39 is 5.97 Å². The van der Waals surface area contributed by atoms with Crippen molar-refractivity contribution < 1.29 is 14.3 Å². The van der Waals surface area contributed by atoms with Crippen LogP contribution in [-0.4, -0.2) is 31.3 Å². The number of carboxylic acid groups (broad SMARTS) is 1. The minimum atomic E-state index is -0.878. The first-order valence-corrected chi connectivity index (χ1v) is 6.83. The van der Waals surface area contributed by atoms with E-state index in [0.29, 0.717) is 18.7 Å². The van der Waals surface area contributed by atoms with Gasteiger partial charge in [-0.15, -0.1) is 5.10 Å². The lowest BCUT2D eigenvalue weighted by Gasteiger charge is -2.15. The monoisotopic (exact) mass is 292 g/mol. The smallest absolute Gasteiger partial charge is 0.305 e. The van der Waals surface area contributed by atoms with Crippen LogP contribution in [0.2, 0.25) is 0 Å². The van der Waals surface area contributed by atoms with E-state index in [0.717, 1.165) is 12.0 Å². The molecule has 1 heterocycles. The molecule has 1 aromatic carbocycles. The Labute approximate surface area is 121 Å². The minimum absolute atomic E-state index is 0.0186. The molecule has 0 fully saturated rings. The van der Waals surface area contributed by atoms with Crippen LogP contribution >= 0.6 is 0 Å². The molecule has 6 nitrogen and oxygen atoms in total. The topological polar surface area (TPSA) is 80.9 Å². The van der Waals surface area contributed by atoms with Gasteiger partial charge >= 0.3 is 5.97 Å². The molecule has 7 heteroatoms. The van der Waals surface area contributed by atoms with Crippen LogP contribution in [0.4, 0.5) is 4.39 Å². The highest BCUT2D eigenvalue weighted by molar-refractivity contribution is 5.67. The first kappa shape index (κ1) is 15.1. The van der Waals surface area contributed by atoms with Crippen molar-refractivity contribution >= 4 is 5.97 Å². The number of aliphatic carboxylic acids is 1. The molecule has 1 aromatic heterocycles. The quantitative estimate of drug-likeness (QED) is 0.846.